The minimum absolute atomic E-state index is 0.226. The van der Waals surface area contributed by atoms with Crippen molar-refractivity contribution in [3.05, 3.63) is 64.7 Å². The molecule has 6 heteroatoms. The monoisotopic (exact) mass is 324 g/mol. The molecule has 0 amide bonds. The van der Waals surface area contributed by atoms with Crippen molar-refractivity contribution < 1.29 is 8.42 Å². The molecule has 0 saturated carbocycles. The van der Waals surface area contributed by atoms with Crippen molar-refractivity contribution in [2.45, 2.75) is 17.9 Å². The van der Waals surface area contributed by atoms with Gasteiger partial charge in [-0.3, -0.25) is 0 Å². The topological polar surface area (TPSA) is 72.2 Å². The van der Waals surface area contributed by atoms with Gasteiger partial charge in [0.15, 0.2) is 0 Å². The molecule has 0 radical (unpaired) electrons. The van der Waals surface area contributed by atoms with Gasteiger partial charge in [-0.1, -0.05) is 35.9 Å². The number of rotatable bonds is 6. The Kier molecular flexibility index (Phi) is 5.36. The van der Waals surface area contributed by atoms with E-state index in [1.165, 1.54) is 0 Å². The Balaban J connectivity index is 2.05. The van der Waals surface area contributed by atoms with Crippen LogP contribution in [0.25, 0.3) is 0 Å². The molecule has 3 N–H and O–H groups in total. The van der Waals surface area contributed by atoms with Gasteiger partial charge in [-0.2, -0.15) is 0 Å². The molecule has 0 aliphatic rings. The summed E-state index contributed by atoms with van der Waals surface area (Å²) < 4.78 is 26.9. The Morgan fingerprint density at radius 2 is 1.52 bits per heavy atom. The van der Waals surface area contributed by atoms with Crippen LogP contribution in [0.5, 0.6) is 0 Å². The molecule has 0 unspecified atom stereocenters. The van der Waals surface area contributed by atoms with Crippen molar-refractivity contribution >= 4 is 21.6 Å². The van der Waals surface area contributed by atoms with Gasteiger partial charge in [0.1, 0.15) is 0 Å². The lowest BCUT2D eigenvalue weighted by atomic mass is 10.2. The predicted octanol–water partition coefficient (Wildman–Crippen LogP) is 2.32. The average Bonchev–Trinajstić information content (AvgIpc) is 2.48. The smallest absolute Gasteiger partial charge is 0.240 e. The standard InChI is InChI=1S/C15H17ClN2O2S/c16-14-5-1-13(2-6-14)11-18-21(19,20)15-7-3-12(4-8-15)9-10-17/h1-8,18H,9-11,17H2. The lowest BCUT2D eigenvalue weighted by molar-refractivity contribution is 0.581. The van der Waals surface area contributed by atoms with E-state index >= 15 is 0 Å². The second-order valence-electron chi connectivity index (χ2n) is 4.63. The van der Waals surface area contributed by atoms with Crippen molar-refractivity contribution in [3.63, 3.8) is 0 Å². The Bertz CT molecular complexity index is 683. The van der Waals surface area contributed by atoms with Crippen LogP contribution in [0.4, 0.5) is 0 Å². The molecular weight excluding hydrogens is 308 g/mol. The van der Waals surface area contributed by atoms with Gasteiger partial charge in [0.05, 0.1) is 4.90 Å². The molecule has 0 spiro atoms. The van der Waals surface area contributed by atoms with Crippen LogP contribution in [-0.4, -0.2) is 15.0 Å². The van der Waals surface area contributed by atoms with Gasteiger partial charge in [0, 0.05) is 11.6 Å². The van der Waals surface area contributed by atoms with Crippen LogP contribution in [0, 0.1) is 0 Å². The normalized spacial score (nSPS) is 11.5. The highest BCUT2D eigenvalue weighted by atomic mass is 35.5. The van der Waals surface area contributed by atoms with E-state index in [2.05, 4.69) is 4.72 Å². The summed E-state index contributed by atoms with van der Waals surface area (Å²) in [7, 11) is -3.51. The summed E-state index contributed by atoms with van der Waals surface area (Å²) in [6, 6.07) is 13.8. The van der Waals surface area contributed by atoms with Crippen LogP contribution in [0.15, 0.2) is 53.4 Å². The van der Waals surface area contributed by atoms with Crippen LogP contribution >= 0.6 is 11.6 Å². The number of halogens is 1. The molecule has 4 nitrogen and oxygen atoms in total. The van der Waals surface area contributed by atoms with Crippen LogP contribution in [0.1, 0.15) is 11.1 Å². The second kappa shape index (κ2) is 7.04. The largest absolute Gasteiger partial charge is 0.330 e. The van der Waals surface area contributed by atoms with E-state index < -0.39 is 10.0 Å². The molecule has 0 heterocycles. The summed E-state index contributed by atoms with van der Waals surface area (Å²) >= 11 is 5.79. The fourth-order valence-corrected chi connectivity index (χ4v) is 3.01. The minimum atomic E-state index is -3.51. The first-order valence-electron chi connectivity index (χ1n) is 6.54. The van der Waals surface area contributed by atoms with Crippen LogP contribution in [0.3, 0.4) is 0 Å². The van der Waals surface area contributed by atoms with Gasteiger partial charge < -0.3 is 5.73 Å². The zero-order valence-corrected chi connectivity index (χ0v) is 13.0. The summed E-state index contributed by atoms with van der Waals surface area (Å²) in [6.07, 6.45) is 0.735. The fraction of sp³-hybridized carbons (Fsp3) is 0.200. The maximum Gasteiger partial charge on any atom is 0.240 e. The first kappa shape index (κ1) is 16.0. The lowest BCUT2D eigenvalue weighted by Crippen LogP contribution is -2.23. The van der Waals surface area contributed by atoms with E-state index in [1.807, 2.05) is 0 Å². The highest BCUT2D eigenvalue weighted by molar-refractivity contribution is 7.89. The zero-order valence-electron chi connectivity index (χ0n) is 11.4. The Morgan fingerprint density at radius 3 is 2.10 bits per heavy atom. The molecule has 0 aromatic heterocycles. The summed E-state index contributed by atoms with van der Waals surface area (Å²) in [5.74, 6) is 0. The molecule has 0 bridgehead atoms. The van der Waals surface area contributed by atoms with E-state index in [1.54, 1.807) is 48.5 Å². The van der Waals surface area contributed by atoms with E-state index in [0.29, 0.717) is 11.6 Å². The van der Waals surface area contributed by atoms with Crippen molar-refractivity contribution in [1.29, 1.82) is 0 Å². The third kappa shape index (κ3) is 4.54. The maximum atomic E-state index is 12.2. The summed E-state index contributed by atoms with van der Waals surface area (Å²) in [6.45, 7) is 0.769. The number of nitrogens with two attached hydrogens (primary N) is 1. The minimum Gasteiger partial charge on any atom is -0.330 e. The number of nitrogens with one attached hydrogen (secondary N) is 1. The van der Waals surface area contributed by atoms with Crippen LogP contribution in [0.2, 0.25) is 5.02 Å². The molecule has 112 valence electrons. The van der Waals surface area contributed by atoms with E-state index in [0.717, 1.165) is 17.5 Å². The SMILES string of the molecule is NCCc1ccc(S(=O)(=O)NCc2ccc(Cl)cc2)cc1. The van der Waals surface area contributed by atoms with Crippen molar-refractivity contribution in [3.8, 4) is 0 Å². The maximum absolute atomic E-state index is 12.2. The first-order valence-corrected chi connectivity index (χ1v) is 8.40. The summed E-state index contributed by atoms with van der Waals surface area (Å²) in [5.41, 5.74) is 7.34. The lowest BCUT2D eigenvalue weighted by Gasteiger charge is -2.08. The number of hydrogen-bond acceptors (Lipinski definition) is 3. The third-order valence-electron chi connectivity index (χ3n) is 3.05. The zero-order chi connectivity index (χ0) is 15.3. The number of benzene rings is 2. The molecule has 0 aliphatic carbocycles. The van der Waals surface area contributed by atoms with Gasteiger partial charge in [0.2, 0.25) is 10.0 Å². The van der Waals surface area contributed by atoms with Gasteiger partial charge in [0.25, 0.3) is 0 Å². The Morgan fingerprint density at radius 1 is 0.952 bits per heavy atom. The van der Waals surface area contributed by atoms with Crippen molar-refractivity contribution in [1.82, 2.24) is 4.72 Å². The molecule has 2 rings (SSSR count). The second-order valence-corrected chi connectivity index (χ2v) is 6.84. The van der Waals surface area contributed by atoms with E-state index in [4.69, 9.17) is 17.3 Å². The van der Waals surface area contributed by atoms with Gasteiger partial charge in [-0.25, -0.2) is 13.1 Å². The molecular formula is C15H17ClN2O2S. The highest BCUT2D eigenvalue weighted by Gasteiger charge is 2.13. The van der Waals surface area contributed by atoms with E-state index in [-0.39, 0.29) is 11.4 Å². The molecule has 2 aromatic carbocycles. The Hall–Kier alpha value is -1.40. The quantitative estimate of drug-likeness (QED) is 0.856. The van der Waals surface area contributed by atoms with Gasteiger partial charge in [-0.15, -0.1) is 0 Å². The van der Waals surface area contributed by atoms with Crippen molar-refractivity contribution in [2.75, 3.05) is 6.54 Å². The molecule has 21 heavy (non-hydrogen) atoms. The van der Waals surface area contributed by atoms with Crippen molar-refractivity contribution in [2.24, 2.45) is 5.73 Å². The molecule has 2 aromatic rings. The van der Waals surface area contributed by atoms with E-state index in [9.17, 15) is 8.42 Å². The van der Waals surface area contributed by atoms with Crippen LogP contribution < -0.4 is 10.5 Å². The van der Waals surface area contributed by atoms with Gasteiger partial charge >= 0.3 is 0 Å². The molecule has 0 aliphatic heterocycles. The van der Waals surface area contributed by atoms with Gasteiger partial charge in [-0.05, 0) is 48.4 Å². The average molecular weight is 325 g/mol. The molecule has 0 fully saturated rings. The Labute approximate surface area is 130 Å². The molecule has 0 atom stereocenters. The number of sulfonamides is 1. The number of hydrogen-bond donors (Lipinski definition) is 2. The third-order valence-corrected chi connectivity index (χ3v) is 4.72. The predicted molar refractivity (Wildman–Crippen MR) is 84.7 cm³/mol. The fourth-order valence-electron chi connectivity index (χ4n) is 1.87. The highest BCUT2D eigenvalue weighted by Crippen LogP contribution is 2.13. The first-order chi connectivity index (χ1) is 10.0. The molecule has 0 saturated heterocycles. The summed E-state index contributed by atoms with van der Waals surface area (Å²) in [5, 5.41) is 0.622. The summed E-state index contributed by atoms with van der Waals surface area (Å²) in [4.78, 5) is 0.247. The van der Waals surface area contributed by atoms with Crippen LogP contribution in [-0.2, 0) is 23.0 Å².